The minimum absolute atomic E-state index is 0.694. The van der Waals surface area contributed by atoms with E-state index in [2.05, 4.69) is 6.92 Å². The van der Waals surface area contributed by atoms with Crippen molar-refractivity contribution in [1.82, 2.24) is 0 Å². The second-order valence-corrected chi connectivity index (χ2v) is 1.76. The molecule has 0 aromatic heterocycles. The molecule has 0 aromatic rings. The molecule has 4 heteroatoms. The standard InChI is InChI=1S/C3H5O3S/c1-3(4)2-7(5)6/h2-4H,1H2. The van der Waals surface area contributed by atoms with Crippen molar-refractivity contribution in [2.45, 2.75) is 6.10 Å². The molecule has 0 rings (SSSR count). The maximum absolute atomic E-state index is 9.55. The fourth-order valence-corrected chi connectivity index (χ4v) is 0.385. The molecule has 0 aliphatic heterocycles. The molecule has 3 nitrogen and oxygen atoms in total. The Morgan fingerprint density at radius 1 is 1.71 bits per heavy atom. The van der Waals surface area contributed by atoms with Gasteiger partial charge < -0.3 is 5.11 Å². The lowest BCUT2D eigenvalue weighted by molar-refractivity contribution is 0.293. The van der Waals surface area contributed by atoms with E-state index in [0.29, 0.717) is 5.37 Å². The van der Waals surface area contributed by atoms with Gasteiger partial charge in [-0.25, -0.2) is 0 Å². The maximum atomic E-state index is 9.55. The van der Waals surface area contributed by atoms with E-state index in [1.165, 1.54) is 0 Å². The fourth-order valence-electron chi connectivity index (χ4n) is 0.128. The Labute approximate surface area is 43.1 Å². The van der Waals surface area contributed by atoms with Gasteiger partial charge in [-0.15, -0.1) is 0 Å². The molecule has 0 fully saturated rings. The van der Waals surface area contributed by atoms with Crippen molar-refractivity contribution in [2.24, 2.45) is 0 Å². The van der Waals surface area contributed by atoms with E-state index in [1.807, 2.05) is 0 Å². The molecular weight excluding hydrogens is 116 g/mol. The molecule has 1 unspecified atom stereocenters. The molecule has 0 saturated carbocycles. The Hall–Kier alpha value is -0.350. The molecule has 1 N–H and O–H groups in total. The summed E-state index contributed by atoms with van der Waals surface area (Å²) in [4.78, 5) is 0. The van der Waals surface area contributed by atoms with E-state index in [4.69, 9.17) is 5.11 Å². The van der Waals surface area contributed by atoms with Gasteiger partial charge in [0, 0.05) is 0 Å². The highest BCUT2D eigenvalue weighted by atomic mass is 32.2. The second-order valence-electron chi connectivity index (χ2n) is 0.964. The van der Waals surface area contributed by atoms with E-state index in [-0.39, 0.29) is 0 Å². The third-order valence-corrected chi connectivity index (χ3v) is 0.805. The lowest BCUT2D eigenvalue weighted by Gasteiger charge is -1.82. The van der Waals surface area contributed by atoms with E-state index >= 15 is 0 Å². The monoisotopic (exact) mass is 121 g/mol. The molecule has 0 spiro atoms. The SMILES string of the molecule is [CH2]C(O)C=S(=O)=O. The molecule has 0 heterocycles. The molecule has 1 radical (unpaired) electrons. The van der Waals surface area contributed by atoms with Crippen LogP contribution in [0.25, 0.3) is 0 Å². The zero-order chi connectivity index (χ0) is 5.86. The van der Waals surface area contributed by atoms with Crippen LogP contribution in [0.15, 0.2) is 0 Å². The van der Waals surface area contributed by atoms with Crippen molar-refractivity contribution in [3.05, 3.63) is 6.92 Å². The van der Waals surface area contributed by atoms with Crippen molar-refractivity contribution in [3.63, 3.8) is 0 Å². The van der Waals surface area contributed by atoms with Gasteiger partial charge in [-0.1, -0.05) is 0 Å². The molecule has 0 bridgehead atoms. The van der Waals surface area contributed by atoms with Gasteiger partial charge in [0.15, 0.2) is 0 Å². The van der Waals surface area contributed by atoms with Crippen LogP contribution in [0.1, 0.15) is 0 Å². The lowest BCUT2D eigenvalue weighted by Crippen LogP contribution is -2.00. The van der Waals surface area contributed by atoms with E-state index in [0.717, 1.165) is 0 Å². The quantitative estimate of drug-likeness (QED) is 0.446. The highest BCUT2D eigenvalue weighted by molar-refractivity contribution is 7.71. The third-order valence-electron chi connectivity index (χ3n) is 0.268. The number of hydrogen-bond acceptors (Lipinski definition) is 3. The first-order chi connectivity index (χ1) is 3.13. The Bertz CT molecular complexity index is 145. The van der Waals surface area contributed by atoms with Gasteiger partial charge in [0.05, 0.1) is 11.5 Å². The van der Waals surface area contributed by atoms with Crippen molar-refractivity contribution < 1.29 is 13.5 Å². The predicted molar refractivity (Wildman–Crippen MR) is 26.3 cm³/mol. The van der Waals surface area contributed by atoms with E-state index < -0.39 is 16.4 Å². The largest absolute Gasteiger partial charge is 0.388 e. The van der Waals surface area contributed by atoms with Crippen LogP contribution in [0, 0.1) is 6.92 Å². The molecule has 0 saturated heterocycles. The number of hydrogen-bond donors (Lipinski definition) is 1. The summed E-state index contributed by atoms with van der Waals surface area (Å²) in [5.41, 5.74) is 0. The van der Waals surface area contributed by atoms with Gasteiger partial charge in [0.25, 0.3) is 0 Å². The average molecular weight is 121 g/mol. The minimum atomic E-state index is -2.28. The normalized spacial score (nSPS) is 12.9. The number of rotatable bonds is 1. The van der Waals surface area contributed by atoms with Crippen LogP contribution < -0.4 is 0 Å². The van der Waals surface area contributed by atoms with Gasteiger partial charge in [-0.2, -0.15) is 8.42 Å². The zero-order valence-corrected chi connectivity index (χ0v) is 4.35. The molecular formula is C3H5O3S. The smallest absolute Gasteiger partial charge is 0.212 e. The van der Waals surface area contributed by atoms with Crippen LogP contribution in [0.3, 0.4) is 0 Å². The Balaban J connectivity index is 3.96. The first-order valence-electron chi connectivity index (χ1n) is 1.57. The molecule has 0 aliphatic carbocycles. The summed E-state index contributed by atoms with van der Waals surface area (Å²) in [5, 5.41) is 8.86. The highest BCUT2D eigenvalue weighted by Gasteiger charge is 1.84. The summed E-state index contributed by atoms with van der Waals surface area (Å²) in [6.07, 6.45) is -1.11. The highest BCUT2D eigenvalue weighted by Crippen LogP contribution is 1.64. The van der Waals surface area contributed by atoms with Crippen LogP contribution in [-0.2, 0) is 10.3 Å². The molecule has 0 aromatic carbocycles. The summed E-state index contributed by atoms with van der Waals surface area (Å²) in [7, 11) is -2.28. The summed E-state index contributed by atoms with van der Waals surface area (Å²) in [6, 6.07) is 0. The van der Waals surface area contributed by atoms with Gasteiger partial charge in [-0.05, 0) is 6.92 Å². The van der Waals surface area contributed by atoms with Crippen LogP contribution in [-0.4, -0.2) is 25.0 Å². The van der Waals surface area contributed by atoms with Gasteiger partial charge >= 0.3 is 0 Å². The zero-order valence-electron chi connectivity index (χ0n) is 3.53. The molecule has 41 valence electrons. The first kappa shape index (κ1) is 6.65. The number of aliphatic hydroxyl groups is 1. The Kier molecular flexibility index (Phi) is 2.62. The summed E-state index contributed by atoms with van der Waals surface area (Å²) in [5.74, 6) is 0. The molecule has 1 atom stereocenters. The first-order valence-corrected chi connectivity index (χ1v) is 2.71. The van der Waals surface area contributed by atoms with Gasteiger partial charge in [0.1, 0.15) is 0 Å². The van der Waals surface area contributed by atoms with Crippen LogP contribution >= 0.6 is 0 Å². The summed E-state index contributed by atoms with van der Waals surface area (Å²) in [6.45, 7) is 2.99. The van der Waals surface area contributed by atoms with Crippen molar-refractivity contribution >= 4 is 15.7 Å². The maximum Gasteiger partial charge on any atom is 0.212 e. The number of aliphatic hydroxyl groups excluding tert-OH is 1. The topological polar surface area (TPSA) is 54.4 Å². The molecule has 0 aliphatic rings. The van der Waals surface area contributed by atoms with Gasteiger partial charge in [0.2, 0.25) is 10.3 Å². The minimum Gasteiger partial charge on any atom is -0.388 e. The van der Waals surface area contributed by atoms with E-state index in [1.54, 1.807) is 0 Å². The second kappa shape index (κ2) is 2.76. The summed E-state index contributed by atoms with van der Waals surface area (Å²) < 4.78 is 19.1. The third kappa shape index (κ3) is 5.65. The molecule has 0 amide bonds. The predicted octanol–water partition coefficient (Wildman–Crippen LogP) is -1.14. The Morgan fingerprint density at radius 2 is 2.14 bits per heavy atom. The van der Waals surface area contributed by atoms with Crippen molar-refractivity contribution in [3.8, 4) is 0 Å². The Morgan fingerprint density at radius 3 is 2.14 bits per heavy atom. The van der Waals surface area contributed by atoms with Crippen molar-refractivity contribution in [1.29, 1.82) is 0 Å². The fraction of sp³-hybridized carbons (Fsp3) is 0.333. The van der Waals surface area contributed by atoms with Gasteiger partial charge in [-0.3, -0.25) is 0 Å². The summed E-state index contributed by atoms with van der Waals surface area (Å²) >= 11 is 0. The molecule has 7 heavy (non-hydrogen) atoms. The van der Waals surface area contributed by atoms with Crippen LogP contribution in [0.2, 0.25) is 0 Å². The van der Waals surface area contributed by atoms with E-state index in [9.17, 15) is 8.42 Å². The van der Waals surface area contributed by atoms with Crippen LogP contribution in [0.5, 0.6) is 0 Å². The average Bonchev–Trinajstić information content (AvgIpc) is 1.27. The lowest BCUT2D eigenvalue weighted by atomic mass is 10.5. The van der Waals surface area contributed by atoms with Crippen LogP contribution in [0.4, 0.5) is 0 Å². The van der Waals surface area contributed by atoms with Crippen molar-refractivity contribution in [2.75, 3.05) is 0 Å².